The third-order valence-corrected chi connectivity index (χ3v) is 4.38. The molecule has 2 aliphatic rings. The van der Waals surface area contributed by atoms with Crippen molar-refractivity contribution in [2.24, 2.45) is 5.92 Å². The Balaban J connectivity index is 1.69. The van der Waals surface area contributed by atoms with Crippen LogP contribution in [-0.2, 0) is 16.0 Å². The van der Waals surface area contributed by atoms with E-state index >= 15 is 0 Å². The Morgan fingerprint density at radius 2 is 2.00 bits per heavy atom. The average molecular weight is 290 g/mol. The maximum Gasteiger partial charge on any atom is 0.308 e. The van der Waals surface area contributed by atoms with Gasteiger partial charge < -0.3 is 14.7 Å². The number of hydrogen-bond donors (Lipinski definition) is 1. The topological polar surface area (TPSA) is 53.0 Å². The maximum absolute atomic E-state index is 11.4. The fraction of sp³-hybridized carbons (Fsp3) is 0.562. The number of ether oxygens (including phenoxy) is 1. The van der Waals surface area contributed by atoms with Crippen LogP contribution in [0.25, 0.3) is 0 Å². The predicted octanol–water partition coefficient (Wildman–Crippen LogP) is 1.08. The van der Waals surface area contributed by atoms with Gasteiger partial charge in [0.25, 0.3) is 0 Å². The first-order valence-electron chi connectivity index (χ1n) is 7.60. The largest absolute Gasteiger partial charge is 0.481 e. The van der Waals surface area contributed by atoms with Gasteiger partial charge in [-0.2, -0.15) is 0 Å². The molecular weight excluding hydrogens is 268 g/mol. The Bertz CT molecular complexity index is 500. The van der Waals surface area contributed by atoms with Gasteiger partial charge in [-0.25, -0.2) is 0 Å². The number of hydrogen-bond acceptors (Lipinski definition) is 4. The summed E-state index contributed by atoms with van der Waals surface area (Å²) in [5.41, 5.74) is 2.35. The van der Waals surface area contributed by atoms with Gasteiger partial charge in [-0.05, 0) is 18.1 Å². The number of aliphatic carboxylic acids is 1. The first-order valence-corrected chi connectivity index (χ1v) is 7.60. The smallest absolute Gasteiger partial charge is 0.308 e. The normalized spacial score (nSPS) is 22.9. The van der Waals surface area contributed by atoms with Gasteiger partial charge in [0.15, 0.2) is 0 Å². The fourth-order valence-corrected chi connectivity index (χ4v) is 3.15. The molecule has 1 N–H and O–H groups in total. The molecule has 0 spiro atoms. The van der Waals surface area contributed by atoms with Crippen molar-refractivity contribution in [3.05, 3.63) is 29.8 Å². The van der Waals surface area contributed by atoms with Crippen LogP contribution < -0.4 is 4.90 Å². The first-order chi connectivity index (χ1) is 10.2. The monoisotopic (exact) mass is 290 g/mol. The van der Waals surface area contributed by atoms with Gasteiger partial charge in [0.05, 0.1) is 19.1 Å². The van der Waals surface area contributed by atoms with E-state index in [0.717, 1.165) is 45.0 Å². The third kappa shape index (κ3) is 3.36. The number of nitrogens with zero attached hydrogens (tertiary/aromatic N) is 2. The standard InChI is InChI=1S/C16H22N2O3/c19-16(20)14-11-13-3-1-2-4-15(13)18(12-14)6-5-17-7-9-21-10-8-17/h1-4,14H,5-12H2,(H,19,20). The van der Waals surface area contributed by atoms with Gasteiger partial charge in [0, 0.05) is 38.4 Å². The molecule has 2 aliphatic heterocycles. The lowest BCUT2D eigenvalue weighted by Crippen LogP contribution is -2.45. The zero-order valence-electron chi connectivity index (χ0n) is 12.2. The Labute approximate surface area is 125 Å². The Kier molecular flexibility index (Phi) is 4.41. The molecule has 2 heterocycles. The number of carboxylic acid groups (broad SMARTS) is 1. The Hall–Kier alpha value is -1.59. The molecule has 3 rings (SSSR count). The van der Waals surface area contributed by atoms with Gasteiger partial charge in [0.2, 0.25) is 0 Å². The second-order valence-electron chi connectivity index (χ2n) is 5.77. The number of para-hydroxylation sites is 1. The Morgan fingerprint density at radius 3 is 2.76 bits per heavy atom. The number of morpholine rings is 1. The lowest BCUT2D eigenvalue weighted by molar-refractivity contribution is -0.141. The maximum atomic E-state index is 11.4. The number of carboxylic acids is 1. The molecular formula is C16H22N2O3. The van der Waals surface area contributed by atoms with Crippen molar-refractivity contribution in [2.45, 2.75) is 6.42 Å². The molecule has 0 aromatic heterocycles. The van der Waals surface area contributed by atoms with Gasteiger partial charge in [0.1, 0.15) is 0 Å². The van der Waals surface area contributed by atoms with Crippen LogP contribution in [0.1, 0.15) is 5.56 Å². The molecule has 5 nitrogen and oxygen atoms in total. The summed E-state index contributed by atoms with van der Waals surface area (Å²) in [6.45, 7) is 5.99. The first kappa shape index (κ1) is 14.4. The molecule has 5 heteroatoms. The summed E-state index contributed by atoms with van der Waals surface area (Å²) in [7, 11) is 0. The minimum atomic E-state index is -0.694. The van der Waals surface area contributed by atoms with Crippen LogP contribution in [0.2, 0.25) is 0 Å². The molecule has 1 unspecified atom stereocenters. The molecule has 0 amide bonds. The van der Waals surface area contributed by atoms with Crippen molar-refractivity contribution in [3.8, 4) is 0 Å². The van der Waals surface area contributed by atoms with Gasteiger partial charge in [-0.3, -0.25) is 9.69 Å². The highest BCUT2D eigenvalue weighted by Gasteiger charge is 2.28. The predicted molar refractivity (Wildman–Crippen MR) is 80.7 cm³/mol. The van der Waals surface area contributed by atoms with Gasteiger partial charge in [-0.15, -0.1) is 0 Å². The minimum absolute atomic E-state index is 0.301. The van der Waals surface area contributed by atoms with E-state index in [0.29, 0.717) is 13.0 Å². The van der Waals surface area contributed by atoms with Crippen LogP contribution >= 0.6 is 0 Å². The number of fused-ring (bicyclic) bond motifs is 1. The molecule has 0 aliphatic carbocycles. The van der Waals surface area contributed by atoms with Crippen LogP contribution in [0.15, 0.2) is 24.3 Å². The molecule has 1 saturated heterocycles. The molecule has 0 radical (unpaired) electrons. The second kappa shape index (κ2) is 6.45. The van der Waals surface area contributed by atoms with E-state index in [2.05, 4.69) is 15.9 Å². The van der Waals surface area contributed by atoms with Crippen molar-refractivity contribution in [3.63, 3.8) is 0 Å². The van der Waals surface area contributed by atoms with Gasteiger partial charge in [-0.1, -0.05) is 18.2 Å². The number of carbonyl (C=O) groups is 1. The summed E-state index contributed by atoms with van der Waals surface area (Å²) in [6.07, 6.45) is 0.638. The molecule has 1 aromatic carbocycles. The SMILES string of the molecule is O=C(O)C1Cc2ccccc2N(CCN2CCOCC2)C1. The lowest BCUT2D eigenvalue weighted by atomic mass is 9.92. The van der Waals surface area contributed by atoms with Crippen LogP contribution in [0.4, 0.5) is 5.69 Å². The highest BCUT2D eigenvalue weighted by Crippen LogP contribution is 2.29. The molecule has 1 fully saturated rings. The molecule has 114 valence electrons. The zero-order chi connectivity index (χ0) is 14.7. The highest BCUT2D eigenvalue weighted by atomic mass is 16.5. The highest BCUT2D eigenvalue weighted by molar-refractivity contribution is 5.73. The van der Waals surface area contributed by atoms with E-state index in [1.54, 1.807) is 0 Å². The van der Waals surface area contributed by atoms with Crippen molar-refractivity contribution in [2.75, 3.05) is 50.8 Å². The van der Waals surface area contributed by atoms with E-state index in [1.807, 2.05) is 18.2 Å². The summed E-state index contributed by atoms with van der Waals surface area (Å²) >= 11 is 0. The van der Waals surface area contributed by atoms with Crippen LogP contribution in [0, 0.1) is 5.92 Å². The minimum Gasteiger partial charge on any atom is -0.481 e. The van der Waals surface area contributed by atoms with Gasteiger partial charge >= 0.3 is 5.97 Å². The zero-order valence-corrected chi connectivity index (χ0v) is 12.2. The second-order valence-corrected chi connectivity index (χ2v) is 5.77. The lowest BCUT2D eigenvalue weighted by Gasteiger charge is -2.36. The van der Waals surface area contributed by atoms with Crippen molar-refractivity contribution in [1.29, 1.82) is 0 Å². The third-order valence-electron chi connectivity index (χ3n) is 4.38. The summed E-state index contributed by atoms with van der Waals surface area (Å²) in [6, 6.07) is 8.17. The summed E-state index contributed by atoms with van der Waals surface area (Å²) in [4.78, 5) is 16.0. The van der Waals surface area contributed by atoms with E-state index in [-0.39, 0.29) is 5.92 Å². The van der Waals surface area contributed by atoms with E-state index in [9.17, 15) is 9.90 Å². The van der Waals surface area contributed by atoms with Crippen molar-refractivity contribution >= 4 is 11.7 Å². The number of rotatable bonds is 4. The summed E-state index contributed by atoms with van der Waals surface area (Å²) in [5.74, 6) is -0.995. The molecule has 1 atom stereocenters. The fourth-order valence-electron chi connectivity index (χ4n) is 3.15. The average Bonchev–Trinajstić information content (AvgIpc) is 2.53. The molecule has 1 aromatic rings. The number of anilines is 1. The van der Waals surface area contributed by atoms with Crippen LogP contribution in [0.3, 0.4) is 0 Å². The van der Waals surface area contributed by atoms with Crippen molar-refractivity contribution in [1.82, 2.24) is 4.90 Å². The Morgan fingerprint density at radius 1 is 1.24 bits per heavy atom. The number of benzene rings is 1. The molecule has 0 saturated carbocycles. The summed E-state index contributed by atoms with van der Waals surface area (Å²) < 4.78 is 5.36. The van der Waals surface area contributed by atoms with E-state index in [1.165, 1.54) is 5.69 Å². The van der Waals surface area contributed by atoms with Crippen LogP contribution in [-0.4, -0.2) is 61.9 Å². The molecule has 21 heavy (non-hydrogen) atoms. The van der Waals surface area contributed by atoms with E-state index < -0.39 is 5.97 Å². The quantitative estimate of drug-likeness (QED) is 0.899. The molecule has 0 bridgehead atoms. The van der Waals surface area contributed by atoms with E-state index in [4.69, 9.17) is 4.74 Å². The van der Waals surface area contributed by atoms with Crippen LogP contribution in [0.5, 0.6) is 0 Å². The summed E-state index contributed by atoms with van der Waals surface area (Å²) in [5, 5.41) is 9.34. The van der Waals surface area contributed by atoms with Crippen molar-refractivity contribution < 1.29 is 14.6 Å².